The van der Waals surface area contributed by atoms with E-state index in [1.807, 2.05) is 0 Å². The number of nitrogens with zero attached hydrogens (tertiary/aromatic N) is 1. The highest BCUT2D eigenvalue weighted by Crippen LogP contribution is 2.08. The van der Waals surface area contributed by atoms with Gasteiger partial charge in [0.05, 0.1) is 0 Å². The molecule has 1 aliphatic rings. The Labute approximate surface area is 69.1 Å². The van der Waals surface area contributed by atoms with Crippen LogP contribution in [0.3, 0.4) is 0 Å². The van der Waals surface area contributed by atoms with Gasteiger partial charge in [0, 0.05) is 25.7 Å². The summed E-state index contributed by atoms with van der Waals surface area (Å²) in [5.74, 6) is 0. The zero-order chi connectivity index (χ0) is 8.27. The first-order valence-corrected chi connectivity index (χ1v) is 4.32. The molecule has 64 valence electrons. The highest BCUT2D eigenvalue weighted by molar-refractivity contribution is 4.99. The zero-order valence-electron chi connectivity index (χ0n) is 7.51. The van der Waals surface area contributed by atoms with Crippen LogP contribution in [-0.2, 0) is 0 Å². The van der Waals surface area contributed by atoms with Crippen molar-refractivity contribution in [2.24, 2.45) is 5.73 Å². The first-order chi connectivity index (χ1) is 5.22. The minimum atomic E-state index is 0.416. The molecule has 1 atom stereocenters. The van der Waals surface area contributed by atoms with Crippen LogP contribution in [-0.4, -0.2) is 30.6 Å². The Hall–Kier alpha value is -0.340. The van der Waals surface area contributed by atoms with E-state index in [0.29, 0.717) is 6.04 Å². The lowest BCUT2D eigenvalue weighted by Crippen LogP contribution is -2.27. The second-order valence-electron chi connectivity index (χ2n) is 3.42. The van der Waals surface area contributed by atoms with Crippen LogP contribution in [0.1, 0.15) is 20.3 Å². The quantitative estimate of drug-likeness (QED) is 0.601. The lowest BCUT2D eigenvalue weighted by atomic mass is 10.3. The summed E-state index contributed by atoms with van der Waals surface area (Å²) in [5, 5.41) is 0. The second kappa shape index (κ2) is 3.88. The van der Waals surface area contributed by atoms with Gasteiger partial charge in [-0.15, -0.1) is 0 Å². The Morgan fingerprint density at radius 2 is 2.45 bits per heavy atom. The van der Waals surface area contributed by atoms with E-state index in [-0.39, 0.29) is 0 Å². The third-order valence-electron chi connectivity index (χ3n) is 2.27. The second-order valence-corrected chi connectivity index (χ2v) is 3.42. The van der Waals surface area contributed by atoms with Gasteiger partial charge in [0.1, 0.15) is 0 Å². The van der Waals surface area contributed by atoms with E-state index in [2.05, 4.69) is 24.8 Å². The average Bonchev–Trinajstić information content (AvgIpc) is 2.35. The molecule has 2 nitrogen and oxygen atoms in total. The van der Waals surface area contributed by atoms with Crippen molar-refractivity contribution < 1.29 is 0 Å². The van der Waals surface area contributed by atoms with Gasteiger partial charge in [0.2, 0.25) is 0 Å². The van der Waals surface area contributed by atoms with Gasteiger partial charge in [0.15, 0.2) is 0 Å². The molecule has 0 amide bonds. The highest BCUT2D eigenvalue weighted by atomic mass is 15.2. The van der Waals surface area contributed by atoms with Gasteiger partial charge in [-0.1, -0.05) is 11.6 Å². The number of nitrogens with two attached hydrogens (primary N) is 1. The number of hydrogen-bond acceptors (Lipinski definition) is 2. The summed E-state index contributed by atoms with van der Waals surface area (Å²) < 4.78 is 0. The van der Waals surface area contributed by atoms with Gasteiger partial charge in [-0.25, -0.2) is 0 Å². The van der Waals surface area contributed by atoms with E-state index in [1.54, 1.807) is 0 Å². The maximum Gasteiger partial charge on any atom is 0.0190 e. The highest BCUT2D eigenvalue weighted by Gasteiger charge is 2.18. The minimum absolute atomic E-state index is 0.416. The van der Waals surface area contributed by atoms with Gasteiger partial charge >= 0.3 is 0 Å². The number of allylic oxidation sites excluding steroid dienone is 1. The fourth-order valence-corrected chi connectivity index (χ4v) is 1.45. The molecule has 1 aliphatic heterocycles. The number of hydrogen-bond donors (Lipinski definition) is 1. The monoisotopic (exact) mass is 154 g/mol. The summed E-state index contributed by atoms with van der Waals surface area (Å²) in [6, 6.07) is 0.416. The van der Waals surface area contributed by atoms with E-state index < -0.39 is 0 Å². The smallest absolute Gasteiger partial charge is 0.0190 e. The van der Waals surface area contributed by atoms with Gasteiger partial charge in [-0.3, -0.25) is 4.90 Å². The van der Waals surface area contributed by atoms with Crippen LogP contribution in [0.5, 0.6) is 0 Å². The Balaban J connectivity index is 2.28. The third kappa shape index (κ3) is 2.64. The van der Waals surface area contributed by atoms with Crippen molar-refractivity contribution in [1.29, 1.82) is 0 Å². The van der Waals surface area contributed by atoms with Crippen LogP contribution in [0.15, 0.2) is 11.6 Å². The molecule has 1 heterocycles. The fraction of sp³-hybridized carbons (Fsp3) is 0.778. The summed E-state index contributed by atoms with van der Waals surface area (Å²) >= 11 is 0. The predicted molar refractivity (Wildman–Crippen MR) is 48.5 cm³/mol. The van der Waals surface area contributed by atoms with E-state index >= 15 is 0 Å². The first-order valence-electron chi connectivity index (χ1n) is 4.32. The van der Waals surface area contributed by atoms with Crippen molar-refractivity contribution in [3.8, 4) is 0 Å². The number of rotatable bonds is 2. The Bertz CT molecular complexity index is 152. The zero-order valence-corrected chi connectivity index (χ0v) is 7.51. The maximum absolute atomic E-state index is 5.78. The van der Waals surface area contributed by atoms with E-state index in [1.165, 1.54) is 12.1 Å². The van der Waals surface area contributed by atoms with Crippen LogP contribution >= 0.6 is 0 Å². The molecule has 1 rings (SSSR count). The topological polar surface area (TPSA) is 29.3 Å². The summed E-state index contributed by atoms with van der Waals surface area (Å²) in [6.45, 7) is 7.61. The molecule has 0 aromatic heterocycles. The Morgan fingerprint density at radius 3 is 2.91 bits per heavy atom. The normalized spacial score (nSPS) is 27.9. The predicted octanol–water partition coefficient (Wildman–Crippen LogP) is 0.986. The van der Waals surface area contributed by atoms with E-state index in [4.69, 9.17) is 5.73 Å². The largest absolute Gasteiger partial charge is 0.326 e. The number of likely N-dealkylation sites (tertiary alicyclic amines) is 1. The van der Waals surface area contributed by atoms with E-state index in [9.17, 15) is 0 Å². The van der Waals surface area contributed by atoms with Crippen molar-refractivity contribution in [2.75, 3.05) is 19.6 Å². The van der Waals surface area contributed by atoms with Crippen molar-refractivity contribution >= 4 is 0 Å². The molecule has 0 aromatic carbocycles. The van der Waals surface area contributed by atoms with E-state index in [0.717, 1.165) is 19.5 Å². The molecular weight excluding hydrogens is 136 g/mol. The molecule has 11 heavy (non-hydrogen) atoms. The standard InChI is InChI=1S/C9H18N2/c1-3-8(2)6-11-5-4-9(10)7-11/h3,9H,4-7,10H2,1-2H3/b8-3+. The van der Waals surface area contributed by atoms with Crippen LogP contribution in [0.4, 0.5) is 0 Å². The summed E-state index contributed by atoms with van der Waals surface area (Å²) in [4.78, 5) is 2.42. The van der Waals surface area contributed by atoms with Crippen molar-refractivity contribution in [3.63, 3.8) is 0 Å². The van der Waals surface area contributed by atoms with Gasteiger partial charge in [-0.2, -0.15) is 0 Å². The molecule has 1 fully saturated rings. The van der Waals surface area contributed by atoms with Crippen LogP contribution in [0.25, 0.3) is 0 Å². The molecule has 2 heteroatoms. The van der Waals surface area contributed by atoms with Gasteiger partial charge in [0.25, 0.3) is 0 Å². The van der Waals surface area contributed by atoms with Crippen molar-refractivity contribution in [1.82, 2.24) is 4.90 Å². The minimum Gasteiger partial charge on any atom is -0.326 e. The molecule has 1 unspecified atom stereocenters. The molecule has 0 spiro atoms. The average molecular weight is 154 g/mol. The molecule has 0 bridgehead atoms. The summed E-state index contributed by atoms with van der Waals surface area (Å²) in [7, 11) is 0. The van der Waals surface area contributed by atoms with Crippen molar-refractivity contribution in [2.45, 2.75) is 26.3 Å². The lowest BCUT2D eigenvalue weighted by molar-refractivity contribution is 0.363. The Morgan fingerprint density at radius 1 is 1.73 bits per heavy atom. The summed E-state index contributed by atoms with van der Waals surface area (Å²) in [6.07, 6.45) is 3.33. The van der Waals surface area contributed by atoms with Gasteiger partial charge in [-0.05, 0) is 20.3 Å². The maximum atomic E-state index is 5.78. The molecule has 1 saturated heterocycles. The van der Waals surface area contributed by atoms with Gasteiger partial charge < -0.3 is 5.73 Å². The molecule has 0 saturated carbocycles. The first kappa shape index (κ1) is 8.75. The third-order valence-corrected chi connectivity index (χ3v) is 2.27. The molecule has 0 radical (unpaired) electrons. The van der Waals surface area contributed by atoms with Crippen LogP contribution in [0.2, 0.25) is 0 Å². The van der Waals surface area contributed by atoms with Crippen molar-refractivity contribution in [3.05, 3.63) is 11.6 Å². The van der Waals surface area contributed by atoms with Crippen LogP contribution < -0.4 is 5.73 Å². The molecule has 0 aliphatic carbocycles. The molecule has 2 N–H and O–H groups in total. The molecular formula is C9H18N2. The molecule has 0 aromatic rings. The van der Waals surface area contributed by atoms with Crippen LogP contribution in [0, 0.1) is 0 Å². The summed E-state index contributed by atoms with van der Waals surface area (Å²) in [5.41, 5.74) is 7.22. The Kier molecular flexibility index (Phi) is 3.09. The lowest BCUT2D eigenvalue weighted by Gasteiger charge is -2.14. The fourth-order valence-electron chi connectivity index (χ4n) is 1.45. The SMILES string of the molecule is C/C=C(\C)CN1CCC(N)C1.